The van der Waals surface area contributed by atoms with Crippen LogP contribution < -0.4 is 0 Å². The molecular weight excluding hydrogens is 512 g/mol. The Bertz CT molecular complexity index is 1910. The Hall–Kier alpha value is -4.87. The molecule has 8 rings (SSSR count). The first-order valence-corrected chi connectivity index (χ1v) is 13.6. The highest BCUT2D eigenvalue weighted by Crippen LogP contribution is 2.55. The molecule has 0 radical (unpaired) electrons. The van der Waals surface area contributed by atoms with Crippen LogP contribution in [0.25, 0.3) is 38.2 Å². The van der Waals surface area contributed by atoms with Crippen LogP contribution in [0.15, 0.2) is 103 Å². The summed E-state index contributed by atoms with van der Waals surface area (Å²) in [6.07, 6.45) is 1.06. The van der Waals surface area contributed by atoms with Gasteiger partial charge in [0.05, 0.1) is 7.11 Å². The highest BCUT2D eigenvalue weighted by molar-refractivity contribution is 6.28. The van der Waals surface area contributed by atoms with Crippen molar-refractivity contribution in [2.24, 2.45) is 0 Å². The van der Waals surface area contributed by atoms with Crippen molar-refractivity contribution in [1.82, 2.24) is 0 Å². The van der Waals surface area contributed by atoms with Gasteiger partial charge in [0.25, 0.3) is 0 Å². The second-order valence-corrected chi connectivity index (χ2v) is 10.7. The van der Waals surface area contributed by atoms with E-state index in [1.54, 1.807) is 6.07 Å². The fraction of sp³-hybridized carbons (Fsp3) is 0.139. The maximum Gasteiger partial charge on any atom is 0.341 e. The lowest BCUT2D eigenvalue weighted by Crippen LogP contribution is -2.29. The Balaban J connectivity index is 0.000000139. The average molecular weight is 539 g/mol. The molecule has 0 heterocycles. The second kappa shape index (κ2) is 9.36. The predicted molar refractivity (Wildman–Crippen MR) is 158 cm³/mol. The zero-order chi connectivity index (χ0) is 28.3. The van der Waals surface area contributed by atoms with Crippen molar-refractivity contribution in [3.05, 3.63) is 125 Å². The standard InChI is InChI=1S/C19H14O4.C17H12O/c1-23-18(21)16-15(20)10-19(22)14-9-5-4-7-12(14)11-6-2-3-8-13(11)17(16)19;18-11-9-16-14-7-3-1-5-12(14)13-6-2-4-8-15(13)17(16)10-11/h2-9,22H,10H2,1H3;1-8H,9-10H2. The third-order valence-electron chi connectivity index (χ3n) is 8.51. The largest absolute Gasteiger partial charge is 0.465 e. The fourth-order valence-corrected chi connectivity index (χ4v) is 6.82. The molecule has 0 amide bonds. The number of ketones is 2. The number of hydrogen-bond donors (Lipinski definition) is 1. The summed E-state index contributed by atoms with van der Waals surface area (Å²) in [5.41, 5.74) is 4.48. The van der Waals surface area contributed by atoms with Crippen LogP contribution in [-0.2, 0) is 37.6 Å². The van der Waals surface area contributed by atoms with Gasteiger partial charge in [-0.1, -0.05) is 97.1 Å². The molecule has 1 N–H and O–H groups in total. The molecule has 0 saturated heterocycles. The van der Waals surface area contributed by atoms with Gasteiger partial charge in [-0.15, -0.1) is 0 Å². The number of carbonyl (C=O) groups excluding carboxylic acids is 3. The predicted octanol–water partition coefficient (Wildman–Crippen LogP) is 6.11. The summed E-state index contributed by atoms with van der Waals surface area (Å²) >= 11 is 0. The van der Waals surface area contributed by atoms with Crippen molar-refractivity contribution in [2.45, 2.75) is 24.9 Å². The minimum atomic E-state index is -1.48. The van der Waals surface area contributed by atoms with Gasteiger partial charge in [-0.05, 0) is 54.9 Å². The fourth-order valence-electron chi connectivity index (χ4n) is 6.82. The normalized spacial score (nSPS) is 18.4. The highest BCUT2D eigenvalue weighted by atomic mass is 16.5. The van der Waals surface area contributed by atoms with Crippen molar-refractivity contribution in [1.29, 1.82) is 0 Å². The van der Waals surface area contributed by atoms with Crippen LogP contribution in [0.1, 0.15) is 28.7 Å². The molecule has 0 bridgehead atoms. The molecule has 3 aliphatic carbocycles. The Kier molecular flexibility index (Phi) is 5.73. The molecule has 41 heavy (non-hydrogen) atoms. The quantitative estimate of drug-likeness (QED) is 0.158. The second-order valence-electron chi connectivity index (χ2n) is 10.7. The van der Waals surface area contributed by atoms with E-state index in [9.17, 15) is 19.5 Å². The van der Waals surface area contributed by atoms with E-state index in [0.717, 1.165) is 11.1 Å². The van der Waals surface area contributed by atoms with E-state index in [2.05, 4.69) is 48.5 Å². The van der Waals surface area contributed by atoms with Crippen molar-refractivity contribution in [2.75, 3.05) is 7.11 Å². The number of carbonyl (C=O) groups is 3. The van der Waals surface area contributed by atoms with Crippen LogP contribution in [0.2, 0.25) is 0 Å². The van der Waals surface area contributed by atoms with E-state index in [-0.39, 0.29) is 17.8 Å². The first-order chi connectivity index (χ1) is 19.9. The molecule has 3 aliphatic rings. The number of ether oxygens (including phenoxy) is 1. The lowest BCUT2D eigenvalue weighted by molar-refractivity contribution is -0.137. The number of Topliss-reactive ketones (excluding diaryl/α,β-unsaturated/α-hetero) is 2. The summed E-state index contributed by atoms with van der Waals surface area (Å²) in [6.45, 7) is 0. The Morgan fingerprint density at radius 2 is 1.17 bits per heavy atom. The van der Waals surface area contributed by atoms with Gasteiger partial charge < -0.3 is 9.84 Å². The Morgan fingerprint density at radius 1 is 0.683 bits per heavy atom. The minimum absolute atomic E-state index is 0.0445. The molecule has 200 valence electrons. The van der Waals surface area contributed by atoms with E-state index in [4.69, 9.17) is 4.74 Å². The topological polar surface area (TPSA) is 80.7 Å². The molecule has 0 aromatic heterocycles. The monoisotopic (exact) mass is 538 g/mol. The summed E-state index contributed by atoms with van der Waals surface area (Å²) in [5, 5.41) is 16.3. The number of esters is 1. The number of fused-ring (bicyclic) bond motifs is 12. The third kappa shape index (κ3) is 3.70. The van der Waals surface area contributed by atoms with Crippen LogP contribution in [0.3, 0.4) is 0 Å². The van der Waals surface area contributed by atoms with Crippen LogP contribution in [-0.4, -0.2) is 29.8 Å². The van der Waals surface area contributed by atoms with Gasteiger partial charge in [0.15, 0.2) is 5.78 Å². The molecule has 0 aliphatic heterocycles. The summed E-state index contributed by atoms with van der Waals surface area (Å²) in [7, 11) is 1.24. The van der Waals surface area contributed by atoms with Gasteiger partial charge in [0, 0.05) is 24.8 Å². The SMILES string of the molecule is COC(=O)C1=C2c3ccccc3-c3ccccc3C2(O)CC1=O.O=C1Cc2c(c3ccccc3c3ccccc23)C1. The van der Waals surface area contributed by atoms with Gasteiger partial charge in [0.2, 0.25) is 0 Å². The number of hydrogen-bond acceptors (Lipinski definition) is 5. The van der Waals surface area contributed by atoms with Gasteiger partial charge >= 0.3 is 5.97 Å². The molecule has 0 fully saturated rings. The zero-order valence-electron chi connectivity index (χ0n) is 22.4. The zero-order valence-corrected chi connectivity index (χ0v) is 22.4. The first-order valence-electron chi connectivity index (χ1n) is 13.6. The minimum Gasteiger partial charge on any atom is -0.465 e. The van der Waals surface area contributed by atoms with E-state index in [1.165, 1.54) is 39.8 Å². The van der Waals surface area contributed by atoms with Crippen LogP contribution in [0.4, 0.5) is 0 Å². The number of benzene rings is 5. The van der Waals surface area contributed by atoms with Crippen molar-refractivity contribution in [3.8, 4) is 11.1 Å². The molecule has 5 aromatic rings. The molecule has 5 aromatic carbocycles. The number of methoxy groups -OCH3 is 1. The third-order valence-corrected chi connectivity index (χ3v) is 8.51. The van der Waals surface area contributed by atoms with Crippen molar-refractivity contribution >= 4 is 44.7 Å². The van der Waals surface area contributed by atoms with Gasteiger partial charge in [-0.3, -0.25) is 9.59 Å². The highest BCUT2D eigenvalue weighted by Gasteiger charge is 2.52. The summed E-state index contributed by atoms with van der Waals surface area (Å²) in [6, 6.07) is 31.8. The summed E-state index contributed by atoms with van der Waals surface area (Å²) in [4.78, 5) is 36.4. The average Bonchev–Trinajstić information content (AvgIpc) is 3.54. The van der Waals surface area contributed by atoms with Crippen molar-refractivity contribution in [3.63, 3.8) is 0 Å². The van der Waals surface area contributed by atoms with Gasteiger partial charge in [-0.2, -0.15) is 0 Å². The van der Waals surface area contributed by atoms with Gasteiger partial charge in [-0.25, -0.2) is 4.79 Å². The Morgan fingerprint density at radius 3 is 1.76 bits per heavy atom. The maximum atomic E-state index is 12.4. The van der Waals surface area contributed by atoms with Crippen LogP contribution in [0.5, 0.6) is 0 Å². The smallest absolute Gasteiger partial charge is 0.341 e. The van der Waals surface area contributed by atoms with Crippen LogP contribution >= 0.6 is 0 Å². The molecule has 5 nitrogen and oxygen atoms in total. The lowest BCUT2D eigenvalue weighted by atomic mass is 9.73. The lowest BCUT2D eigenvalue weighted by Gasteiger charge is -2.34. The number of rotatable bonds is 1. The van der Waals surface area contributed by atoms with E-state index >= 15 is 0 Å². The molecule has 1 atom stereocenters. The Labute approximate surface area is 236 Å². The van der Waals surface area contributed by atoms with Gasteiger partial charge in [0.1, 0.15) is 17.0 Å². The molecule has 0 spiro atoms. The van der Waals surface area contributed by atoms with Crippen molar-refractivity contribution < 1.29 is 24.2 Å². The molecule has 0 saturated carbocycles. The molecular formula is C36H26O5. The van der Waals surface area contributed by atoms with Crippen LogP contribution in [0, 0.1) is 0 Å². The molecule has 5 heteroatoms. The summed E-state index contributed by atoms with van der Waals surface area (Å²) < 4.78 is 4.77. The first kappa shape index (κ1) is 25.1. The van der Waals surface area contributed by atoms with E-state index in [0.29, 0.717) is 35.3 Å². The van der Waals surface area contributed by atoms with E-state index < -0.39 is 11.6 Å². The summed E-state index contributed by atoms with van der Waals surface area (Å²) in [5.74, 6) is -0.748. The maximum absolute atomic E-state index is 12.4. The molecule has 1 unspecified atom stereocenters. The van der Waals surface area contributed by atoms with E-state index in [1.807, 2.05) is 42.5 Å². The number of aliphatic hydroxyl groups is 1.